The Morgan fingerprint density at radius 3 is 2.41 bits per heavy atom. The highest BCUT2D eigenvalue weighted by atomic mass is 127. The summed E-state index contributed by atoms with van der Waals surface area (Å²) in [5.74, 6) is 0.885. The molecule has 0 aromatic rings. The molecule has 0 amide bonds. The lowest BCUT2D eigenvalue weighted by molar-refractivity contribution is 0.368. The zero-order valence-electron chi connectivity index (χ0n) is 11.7. The van der Waals surface area contributed by atoms with Crippen LogP contribution in [0.4, 0.5) is 0 Å². The monoisotopic (exact) mass is 353 g/mol. The quantitative estimate of drug-likeness (QED) is 0.253. The number of halogens is 1. The number of hydrogen-bond donors (Lipinski definition) is 2. The second-order valence-electron chi connectivity index (χ2n) is 5.09. The molecule has 4 heteroatoms. The molecule has 17 heavy (non-hydrogen) atoms. The van der Waals surface area contributed by atoms with Gasteiger partial charge in [0.15, 0.2) is 5.96 Å². The molecule has 3 nitrogen and oxygen atoms in total. The van der Waals surface area contributed by atoms with Crippen molar-refractivity contribution < 1.29 is 0 Å². The maximum atomic E-state index is 4.50. The normalized spacial score (nSPS) is 11.6. The Kier molecular flexibility index (Phi) is 12.2. The van der Waals surface area contributed by atoms with E-state index in [4.69, 9.17) is 0 Å². The van der Waals surface area contributed by atoms with Crippen LogP contribution in [-0.4, -0.2) is 25.6 Å². The molecule has 0 saturated heterocycles. The number of aliphatic imine (C=N–C) groups is 1. The van der Waals surface area contributed by atoms with Crippen molar-refractivity contribution in [1.82, 2.24) is 10.6 Å². The average Bonchev–Trinajstić information content (AvgIpc) is 2.19. The molecule has 0 aromatic carbocycles. The molecule has 0 fully saturated rings. The number of hydrogen-bond acceptors (Lipinski definition) is 1. The molecule has 0 aromatic heterocycles. The summed E-state index contributed by atoms with van der Waals surface area (Å²) in [6.45, 7) is 15.1. The van der Waals surface area contributed by atoms with Gasteiger partial charge in [0.25, 0.3) is 0 Å². The second kappa shape index (κ2) is 10.9. The maximum Gasteiger partial charge on any atom is 0.191 e. The van der Waals surface area contributed by atoms with Crippen molar-refractivity contribution >= 4 is 29.9 Å². The predicted octanol–water partition coefficient (Wildman–Crippen LogP) is 3.17. The fraction of sp³-hybridized carbons (Fsp3) is 0.769. The van der Waals surface area contributed by atoms with Crippen LogP contribution in [0.5, 0.6) is 0 Å². The lowest BCUT2D eigenvalue weighted by Crippen LogP contribution is -2.37. The number of guanidine groups is 1. The fourth-order valence-electron chi connectivity index (χ4n) is 1.31. The maximum absolute atomic E-state index is 4.50. The van der Waals surface area contributed by atoms with Gasteiger partial charge in [0.1, 0.15) is 0 Å². The Morgan fingerprint density at radius 1 is 1.29 bits per heavy atom. The van der Waals surface area contributed by atoms with Gasteiger partial charge in [-0.15, -0.1) is 30.6 Å². The molecular weight excluding hydrogens is 325 g/mol. The summed E-state index contributed by atoms with van der Waals surface area (Å²) in [4.78, 5) is 4.50. The molecule has 0 aliphatic rings. The molecule has 0 rings (SSSR count). The third-order valence-electron chi connectivity index (χ3n) is 2.11. The topological polar surface area (TPSA) is 36.4 Å². The van der Waals surface area contributed by atoms with Gasteiger partial charge in [-0.2, -0.15) is 0 Å². The van der Waals surface area contributed by atoms with Crippen molar-refractivity contribution in [2.75, 3.05) is 19.6 Å². The van der Waals surface area contributed by atoms with Crippen LogP contribution in [0.25, 0.3) is 0 Å². The summed E-state index contributed by atoms with van der Waals surface area (Å²) in [6, 6.07) is 0. The van der Waals surface area contributed by atoms with Gasteiger partial charge in [0.2, 0.25) is 0 Å². The van der Waals surface area contributed by atoms with E-state index in [0.717, 1.165) is 32.0 Å². The van der Waals surface area contributed by atoms with E-state index >= 15 is 0 Å². The molecule has 0 atom stereocenters. The molecule has 2 N–H and O–H groups in total. The van der Waals surface area contributed by atoms with Gasteiger partial charge in [0, 0.05) is 19.6 Å². The summed E-state index contributed by atoms with van der Waals surface area (Å²) in [5, 5.41) is 6.39. The predicted molar refractivity (Wildman–Crippen MR) is 88.3 cm³/mol. The van der Waals surface area contributed by atoms with E-state index in [2.05, 4.69) is 49.9 Å². The molecule has 0 aliphatic carbocycles. The van der Waals surface area contributed by atoms with Gasteiger partial charge in [-0.1, -0.05) is 26.8 Å². The molecule has 102 valence electrons. The van der Waals surface area contributed by atoms with E-state index in [-0.39, 0.29) is 24.0 Å². The molecule has 0 radical (unpaired) electrons. The molecule has 0 heterocycles. The van der Waals surface area contributed by atoms with Crippen LogP contribution in [0.3, 0.4) is 0 Å². The van der Waals surface area contributed by atoms with Crippen LogP contribution in [0.1, 0.15) is 40.5 Å². The highest BCUT2D eigenvalue weighted by molar-refractivity contribution is 14.0. The molecule has 0 spiro atoms. The first-order valence-corrected chi connectivity index (χ1v) is 6.12. The molecule has 0 aliphatic heterocycles. The highest BCUT2D eigenvalue weighted by Crippen LogP contribution is 2.20. The minimum absolute atomic E-state index is 0. The van der Waals surface area contributed by atoms with Crippen molar-refractivity contribution in [1.29, 1.82) is 0 Å². The van der Waals surface area contributed by atoms with E-state index in [1.165, 1.54) is 6.42 Å². The Balaban J connectivity index is 0. The SMILES string of the molecule is C=CCNC(=NCCCC(C)(C)C)NCC.I. The van der Waals surface area contributed by atoms with Gasteiger partial charge >= 0.3 is 0 Å². The standard InChI is InChI=1S/C13H27N3.HI/c1-6-10-15-12(14-7-2)16-11-8-9-13(3,4)5;/h6H,1,7-11H2,2-5H3,(H2,14,15,16);1H. The lowest BCUT2D eigenvalue weighted by atomic mass is 9.91. The zero-order chi connectivity index (χ0) is 12.4. The van der Waals surface area contributed by atoms with Gasteiger partial charge in [-0.3, -0.25) is 4.99 Å². The first kappa shape index (κ1) is 19.1. The highest BCUT2D eigenvalue weighted by Gasteiger charge is 2.08. The first-order chi connectivity index (χ1) is 7.49. The summed E-state index contributed by atoms with van der Waals surface area (Å²) >= 11 is 0. The molecule has 0 bridgehead atoms. The number of nitrogens with zero attached hydrogens (tertiary/aromatic N) is 1. The van der Waals surface area contributed by atoms with Gasteiger partial charge in [-0.05, 0) is 25.2 Å². The van der Waals surface area contributed by atoms with Gasteiger partial charge in [-0.25, -0.2) is 0 Å². The van der Waals surface area contributed by atoms with Crippen LogP contribution in [0.15, 0.2) is 17.6 Å². The minimum Gasteiger partial charge on any atom is -0.357 e. The lowest BCUT2D eigenvalue weighted by Gasteiger charge is -2.17. The summed E-state index contributed by atoms with van der Waals surface area (Å²) in [7, 11) is 0. The van der Waals surface area contributed by atoms with Crippen LogP contribution in [0, 0.1) is 5.41 Å². The van der Waals surface area contributed by atoms with Crippen LogP contribution in [0.2, 0.25) is 0 Å². The van der Waals surface area contributed by atoms with Crippen LogP contribution >= 0.6 is 24.0 Å². The summed E-state index contributed by atoms with van der Waals surface area (Å²) < 4.78 is 0. The van der Waals surface area contributed by atoms with Crippen molar-refractivity contribution in [2.45, 2.75) is 40.5 Å². The second-order valence-corrected chi connectivity index (χ2v) is 5.09. The van der Waals surface area contributed by atoms with Gasteiger partial charge in [0.05, 0.1) is 0 Å². The smallest absolute Gasteiger partial charge is 0.191 e. The van der Waals surface area contributed by atoms with Crippen molar-refractivity contribution in [3.63, 3.8) is 0 Å². The van der Waals surface area contributed by atoms with Crippen LogP contribution in [-0.2, 0) is 0 Å². The van der Waals surface area contributed by atoms with E-state index in [9.17, 15) is 0 Å². The van der Waals surface area contributed by atoms with Crippen molar-refractivity contribution in [2.24, 2.45) is 10.4 Å². The Labute approximate surface area is 124 Å². The number of nitrogens with one attached hydrogen (secondary N) is 2. The Morgan fingerprint density at radius 2 is 1.94 bits per heavy atom. The van der Waals surface area contributed by atoms with E-state index < -0.39 is 0 Å². The summed E-state index contributed by atoms with van der Waals surface area (Å²) in [6.07, 6.45) is 4.17. The van der Waals surface area contributed by atoms with Crippen molar-refractivity contribution in [3.8, 4) is 0 Å². The molecular formula is C13H28IN3. The number of rotatable bonds is 6. The van der Waals surface area contributed by atoms with Gasteiger partial charge < -0.3 is 10.6 Å². The largest absolute Gasteiger partial charge is 0.357 e. The van der Waals surface area contributed by atoms with E-state index in [0.29, 0.717) is 5.41 Å². The minimum atomic E-state index is 0. The fourth-order valence-corrected chi connectivity index (χ4v) is 1.31. The van der Waals surface area contributed by atoms with Crippen molar-refractivity contribution in [3.05, 3.63) is 12.7 Å². The molecule has 0 saturated carbocycles. The Bertz CT molecular complexity index is 219. The first-order valence-electron chi connectivity index (χ1n) is 6.12. The molecule has 0 unspecified atom stereocenters. The third kappa shape index (κ3) is 13.7. The van der Waals surface area contributed by atoms with Crippen LogP contribution < -0.4 is 10.6 Å². The average molecular weight is 353 g/mol. The Hall–Kier alpha value is -0.260. The van der Waals surface area contributed by atoms with E-state index in [1.54, 1.807) is 0 Å². The third-order valence-corrected chi connectivity index (χ3v) is 2.11. The zero-order valence-corrected chi connectivity index (χ0v) is 14.0. The van der Waals surface area contributed by atoms with E-state index in [1.807, 2.05) is 6.08 Å². The summed E-state index contributed by atoms with van der Waals surface area (Å²) in [5.41, 5.74) is 0.405.